The van der Waals surface area contributed by atoms with Gasteiger partial charge in [-0.3, -0.25) is 4.21 Å². The predicted octanol–water partition coefficient (Wildman–Crippen LogP) is 0.524. The molecule has 0 spiro atoms. The van der Waals surface area contributed by atoms with Crippen LogP contribution in [0.15, 0.2) is 35.2 Å². The van der Waals surface area contributed by atoms with E-state index in [9.17, 15) is 4.21 Å². The zero-order valence-electron chi connectivity index (χ0n) is 7.64. The Morgan fingerprint density at radius 2 is 2.00 bits per heavy atom. The van der Waals surface area contributed by atoms with Gasteiger partial charge in [0.05, 0.1) is 0 Å². The van der Waals surface area contributed by atoms with Crippen LogP contribution in [0.3, 0.4) is 0 Å². The lowest BCUT2D eigenvalue weighted by molar-refractivity contribution is 0.687. The van der Waals surface area contributed by atoms with E-state index < -0.39 is 10.8 Å². The van der Waals surface area contributed by atoms with Crippen LogP contribution in [0.1, 0.15) is 0 Å². The van der Waals surface area contributed by atoms with Crippen LogP contribution in [-0.2, 0) is 10.8 Å². The molecule has 2 heteroatoms. The molecule has 0 aromatic heterocycles. The highest BCUT2D eigenvalue weighted by Gasteiger charge is 2.21. The summed E-state index contributed by atoms with van der Waals surface area (Å²) in [5, 5.41) is 4.40. The lowest BCUT2D eigenvalue weighted by Crippen LogP contribution is -2.29. The summed E-state index contributed by atoms with van der Waals surface area (Å²) in [4.78, 5) is 0. The smallest absolute Gasteiger partial charge is 0.0468 e. The van der Waals surface area contributed by atoms with Crippen molar-refractivity contribution in [3.8, 4) is 0 Å². The van der Waals surface area contributed by atoms with E-state index in [0.717, 1.165) is 5.75 Å². The maximum atomic E-state index is 11.4. The summed E-state index contributed by atoms with van der Waals surface area (Å²) in [5.41, 5.74) is 1.22. The Balaban J connectivity index is 2.30. The van der Waals surface area contributed by atoms with Crippen LogP contribution in [0.2, 0.25) is 0 Å². The second-order valence-corrected chi connectivity index (χ2v) is 5.04. The Hall–Kier alpha value is -1.15. The van der Waals surface area contributed by atoms with Crippen molar-refractivity contribution >= 4 is 23.0 Å². The zero-order chi connectivity index (χ0) is 9.54. The Bertz CT molecular complexity index is 554. The first-order valence-corrected chi connectivity index (χ1v) is 6.09. The molecular weight excluding hydrogens is 192 g/mol. The fourth-order valence-electron chi connectivity index (χ4n) is 2.04. The van der Waals surface area contributed by atoms with Crippen LogP contribution in [0.4, 0.5) is 0 Å². The zero-order valence-corrected chi connectivity index (χ0v) is 8.46. The molecule has 1 aliphatic heterocycles. The van der Waals surface area contributed by atoms with Gasteiger partial charge in [-0.15, -0.1) is 0 Å². The fourth-order valence-corrected chi connectivity index (χ4v) is 3.32. The molecule has 0 amide bonds. The van der Waals surface area contributed by atoms with Gasteiger partial charge in [-0.05, 0) is 22.1 Å². The first kappa shape index (κ1) is 8.18. The fraction of sp³-hybridized carbons (Fsp3) is 0.167. The van der Waals surface area contributed by atoms with E-state index in [1.165, 1.54) is 16.0 Å². The van der Waals surface area contributed by atoms with Crippen molar-refractivity contribution < 1.29 is 4.21 Å². The highest BCUT2D eigenvalue weighted by molar-refractivity contribution is 7.88. The minimum Gasteiger partial charge on any atom is -0.255 e. The van der Waals surface area contributed by atoms with Crippen LogP contribution in [0, 0.1) is 5.92 Å². The van der Waals surface area contributed by atoms with Gasteiger partial charge < -0.3 is 0 Å². The Morgan fingerprint density at radius 1 is 1.21 bits per heavy atom. The van der Waals surface area contributed by atoms with Gasteiger partial charge >= 0.3 is 0 Å². The molecule has 0 N–H and O–H groups in total. The Kier molecular flexibility index (Phi) is 1.71. The quantitative estimate of drug-likeness (QED) is 0.599. The summed E-state index contributed by atoms with van der Waals surface area (Å²) in [7, 11) is -0.756. The van der Waals surface area contributed by atoms with E-state index in [4.69, 9.17) is 0 Å². The van der Waals surface area contributed by atoms with E-state index in [1.807, 2.05) is 17.5 Å². The SMILES string of the molecule is O=S1C=C2C=c3ccccc3=CC2C1. The summed E-state index contributed by atoms with van der Waals surface area (Å²) in [6.45, 7) is 0. The number of hydrogen-bond acceptors (Lipinski definition) is 1. The topological polar surface area (TPSA) is 17.1 Å². The van der Waals surface area contributed by atoms with E-state index >= 15 is 0 Å². The molecule has 3 rings (SSSR count). The standard InChI is InChI=1S/C12H10OS/c13-14-7-11-5-9-3-1-2-4-10(9)6-12(11)8-14/h1-7,12H,8H2. The summed E-state index contributed by atoms with van der Waals surface area (Å²) < 4.78 is 11.4. The molecule has 0 saturated heterocycles. The first-order valence-electron chi connectivity index (χ1n) is 4.70. The summed E-state index contributed by atoms with van der Waals surface area (Å²) in [5.74, 6) is 1.14. The molecule has 1 aromatic carbocycles. The summed E-state index contributed by atoms with van der Waals surface area (Å²) in [6.07, 6.45) is 4.39. The maximum absolute atomic E-state index is 11.4. The van der Waals surface area contributed by atoms with Gasteiger partial charge in [0.1, 0.15) is 0 Å². The molecule has 70 valence electrons. The molecule has 2 atom stereocenters. The van der Waals surface area contributed by atoms with Gasteiger partial charge in [0, 0.05) is 27.9 Å². The van der Waals surface area contributed by atoms with Crippen LogP contribution in [-0.4, -0.2) is 9.96 Å². The summed E-state index contributed by atoms with van der Waals surface area (Å²) in [6, 6.07) is 8.30. The number of fused-ring (bicyclic) bond motifs is 2. The van der Waals surface area contributed by atoms with E-state index in [2.05, 4.69) is 24.3 Å². The average molecular weight is 202 g/mol. The third-order valence-corrected chi connectivity index (χ3v) is 3.96. The molecule has 1 aliphatic carbocycles. The van der Waals surface area contributed by atoms with E-state index in [1.54, 1.807) is 0 Å². The van der Waals surface area contributed by atoms with Crippen LogP contribution in [0.5, 0.6) is 0 Å². The van der Waals surface area contributed by atoms with Crippen molar-refractivity contribution in [2.24, 2.45) is 5.92 Å². The van der Waals surface area contributed by atoms with Crippen molar-refractivity contribution in [3.05, 3.63) is 45.7 Å². The van der Waals surface area contributed by atoms with Crippen molar-refractivity contribution in [2.45, 2.75) is 0 Å². The highest BCUT2D eigenvalue weighted by Crippen LogP contribution is 2.24. The predicted molar refractivity (Wildman–Crippen MR) is 59.2 cm³/mol. The number of hydrogen-bond donors (Lipinski definition) is 0. The van der Waals surface area contributed by atoms with Crippen LogP contribution in [0.25, 0.3) is 12.2 Å². The highest BCUT2D eigenvalue weighted by atomic mass is 32.2. The monoisotopic (exact) mass is 202 g/mol. The van der Waals surface area contributed by atoms with E-state index in [0.29, 0.717) is 5.92 Å². The lowest BCUT2D eigenvalue weighted by atomic mass is 9.95. The average Bonchev–Trinajstić information content (AvgIpc) is 2.53. The van der Waals surface area contributed by atoms with Gasteiger partial charge in [-0.25, -0.2) is 0 Å². The molecule has 2 unspecified atom stereocenters. The minimum absolute atomic E-state index is 0.380. The number of allylic oxidation sites excluding steroid dienone is 1. The molecule has 0 fully saturated rings. The molecule has 0 radical (unpaired) electrons. The number of benzene rings is 1. The second kappa shape index (κ2) is 2.92. The van der Waals surface area contributed by atoms with Gasteiger partial charge in [-0.1, -0.05) is 30.3 Å². The molecule has 1 heterocycles. The minimum atomic E-state index is -0.756. The molecular formula is C12H10OS. The first-order chi connectivity index (χ1) is 6.83. The summed E-state index contributed by atoms with van der Waals surface area (Å²) >= 11 is 0. The van der Waals surface area contributed by atoms with Gasteiger partial charge in [0.15, 0.2) is 0 Å². The molecule has 2 aliphatic rings. The van der Waals surface area contributed by atoms with Crippen LogP contribution >= 0.6 is 0 Å². The number of rotatable bonds is 0. The third-order valence-electron chi connectivity index (χ3n) is 2.74. The largest absolute Gasteiger partial charge is 0.255 e. The van der Waals surface area contributed by atoms with Crippen molar-refractivity contribution in [2.75, 3.05) is 5.75 Å². The van der Waals surface area contributed by atoms with Crippen molar-refractivity contribution in [3.63, 3.8) is 0 Å². The maximum Gasteiger partial charge on any atom is 0.0468 e. The Labute approximate surface area is 84.9 Å². The normalized spacial score (nSPS) is 28.1. The molecule has 1 aromatic rings. The van der Waals surface area contributed by atoms with Gasteiger partial charge in [0.25, 0.3) is 0 Å². The second-order valence-electron chi connectivity index (χ2n) is 3.71. The van der Waals surface area contributed by atoms with Gasteiger partial charge in [-0.2, -0.15) is 0 Å². The third kappa shape index (κ3) is 1.18. The molecule has 0 saturated carbocycles. The van der Waals surface area contributed by atoms with E-state index in [-0.39, 0.29) is 0 Å². The van der Waals surface area contributed by atoms with Crippen molar-refractivity contribution in [1.82, 2.24) is 0 Å². The van der Waals surface area contributed by atoms with Gasteiger partial charge in [0.2, 0.25) is 0 Å². The molecule has 1 nitrogen and oxygen atoms in total. The van der Waals surface area contributed by atoms with Crippen LogP contribution < -0.4 is 10.4 Å². The van der Waals surface area contributed by atoms with Crippen molar-refractivity contribution in [1.29, 1.82) is 0 Å². The molecule has 0 bridgehead atoms. The Morgan fingerprint density at radius 3 is 2.86 bits per heavy atom. The molecule has 14 heavy (non-hydrogen) atoms. The lowest BCUT2D eigenvalue weighted by Gasteiger charge is -2.09.